The van der Waals surface area contributed by atoms with Crippen LogP contribution in [0.1, 0.15) is 30.0 Å². The summed E-state index contributed by atoms with van der Waals surface area (Å²) in [6.45, 7) is 5.75. The molecule has 0 aromatic carbocycles. The minimum atomic E-state index is -0.115. The topological polar surface area (TPSA) is 42.2 Å². The molecule has 1 aromatic rings. The van der Waals surface area contributed by atoms with Crippen LogP contribution in [0.5, 0.6) is 0 Å². The van der Waals surface area contributed by atoms with Crippen LogP contribution in [0.25, 0.3) is 0 Å². The second kappa shape index (κ2) is 5.21. The van der Waals surface area contributed by atoms with Crippen LogP contribution in [0, 0.1) is 12.8 Å². The number of rotatable bonds is 4. The lowest BCUT2D eigenvalue weighted by Gasteiger charge is -2.18. The number of halogens is 1. The lowest BCUT2D eigenvalue weighted by Crippen LogP contribution is -2.37. The molecule has 2 unspecified atom stereocenters. The summed E-state index contributed by atoms with van der Waals surface area (Å²) in [5, 5.41) is 2.88. The van der Waals surface area contributed by atoms with Gasteiger partial charge in [-0.25, -0.2) is 0 Å². The molecule has 0 radical (unpaired) electrons. The molecule has 1 heterocycles. The Labute approximate surface area is 94.8 Å². The minimum Gasteiger partial charge on any atom is -0.469 e. The predicted molar refractivity (Wildman–Crippen MR) is 60.3 cm³/mol. The zero-order chi connectivity index (χ0) is 11.4. The zero-order valence-corrected chi connectivity index (χ0v) is 9.97. The van der Waals surface area contributed by atoms with Gasteiger partial charge in [-0.3, -0.25) is 4.79 Å². The first-order valence-electron chi connectivity index (χ1n) is 4.96. The van der Waals surface area contributed by atoms with Gasteiger partial charge in [0.15, 0.2) is 0 Å². The number of furan rings is 1. The number of carbonyl (C=O) groups excluding carboxylic acids is 1. The van der Waals surface area contributed by atoms with Gasteiger partial charge >= 0.3 is 0 Å². The Morgan fingerprint density at radius 2 is 2.27 bits per heavy atom. The third kappa shape index (κ3) is 3.27. The van der Waals surface area contributed by atoms with Crippen molar-refractivity contribution in [2.75, 3.05) is 5.88 Å². The van der Waals surface area contributed by atoms with Crippen LogP contribution in [0.3, 0.4) is 0 Å². The van der Waals surface area contributed by atoms with E-state index in [0.717, 1.165) is 5.76 Å². The zero-order valence-electron chi connectivity index (χ0n) is 9.21. The van der Waals surface area contributed by atoms with E-state index in [4.69, 9.17) is 16.0 Å². The molecule has 0 saturated carbocycles. The molecule has 0 spiro atoms. The molecule has 0 aliphatic heterocycles. The summed E-state index contributed by atoms with van der Waals surface area (Å²) in [6, 6.07) is 1.78. The van der Waals surface area contributed by atoms with Gasteiger partial charge in [0.05, 0.1) is 5.56 Å². The third-order valence-electron chi connectivity index (χ3n) is 2.45. The van der Waals surface area contributed by atoms with E-state index in [1.165, 1.54) is 6.26 Å². The van der Waals surface area contributed by atoms with Crippen molar-refractivity contribution in [3.8, 4) is 0 Å². The standard InChI is InChI=1S/C11H16ClNO2/c1-7(5-12)9(3)13-11(14)10-4-8(2)15-6-10/h4,6-7,9H,5H2,1-3H3,(H,13,14). The molecule has 4 heteroatoms. The molecule has 0 fully saturated rings. The van der Waals surface area contributed by atoms with Gasteiger partial charge in [0.2, 0.25) is 0 Å². The van der Waals surface area contributed by atoms with Crippen LogP contribution in [-0.2, 0) is 0 Å². The molecule has 1 amide bonds. The lowest BCUT2D eigenvalue weighted by atomic mass is 10.1. The molecule has 15 heavy (non-hydrogen) atoms. The van der Waals surface area contributed by atoms with E-state index in [1.54, 1.807) is 6.07 Å². The molecular weight excluding hydrogens is 214 g/mol. The van der Waals surface area contributed by atoms with Crippen molar-refractivity contribution in [3.05, 3.63) is 23.7 Å². The number of carbonyl (C=O) groups is 1. The molecule has 0 aliphatic carbocycles. The molecule has 0 saturated heterocycles. The summed E-state index contributed by atoms with van der Waals surface area (Å²) >= 11 is 5.71. The summed E-state index contributed by atoms with van der Waals surface area (Å²) in [7, 11) is 0. The highest BCUT2D eigenvalue weighted by molar-refractivity contribution is 6.18. The Bertz CT molecular complexity index is 335. The summed E-state index contributed by atoms with van der Waals surface area (Å²) in [5.74, 6) is 1.41. The second-order valence-corrected chi connectivity index (χ2v) is 4.15. The summed E-state index contributed by atoms with van der Waals surface area (Å²) in [4.78, 5) is 11.7. The van der Waals surface area contributed by atoms with Gasteiger partial charge in [-0.1, -0.05) is 6.92 Å². The highest BCUT2D eigenvalue weighted by atomic mass is 35.5. The smallest absolute Gasteiger partial charge is 0.254 e. The first-order chi connectivity index (χ1) is 7.04. The van der Waals surface area contributed by atoms with Gasteiger partial charge in [-0.15, -0.1) is 11.6 Å². The van der Waals surface area contributed by atoms with Crippen LogP contribution < -0.4 is 5.32 Å². The monoisotopic (exact) mass is 229 g/mol. The van der Waals surface area contributed by atoms with Gasteiger partial charge in [-0.05, 0) is 25.8 Å². The molecular formula is C11H16ClNO2. The van der Waals surface area contributed by atoms with Crippen LogP contribution in [0.2, 0.25) is 0 Å². The van der Waals surface area contributed by atoms with Crippen molar-refractivity contribution < 1.29 is 9.21 Å². The van der Waals surface area contributed by atoms with Crippen LogP contribution >= 0.6 is 11.6 Å². The van der Waals surface area contributed by atoms with Gasteiger partial charge in [0.1, 0.15) is 12.0 Å². The fourth-order valence-electron chi connectivity index (χ4n) is 1.13. The van der Waals surface area contributed by atoms with E-state index in [-0.39, 0.29) is 17.9 Å². The number of hydrogen-bond donors (Lipinski definition) is 1. The maximum Gasteiger partial charge on any atom is 0.254 e. The Balaban J connectivity index is 2.56. The van der Waals surface area contributed by atoms with E-state index < -0.39 is 0 Å². The average molecular weight is 230 g/mol. The van der Waals surface area contributed by atoms with Crippen molar-refractivity contribution in [2.24, 2.45) is 5.92 Å². The summed E-state index contributed by atoms with van der Waals surface area (Å²) < 4.78 is 5.07. The fourth-order valence-corrected chi connectivity index (χ4v) is 1.40. The predicted octanol–water partition coefficient (Wildman–Crippen LogP) is 2.58. The van der Waals surface area contributed by atoms with Gasteiger partial charge < -0.3 is 9.73 Å². The maximum atomic E-state index is 11.7. The van der Waals surface area contributed by atoms with Crippen LogP contribution in [-0.4, -0.2) is 17.8 Å². The Hall–Kier alpha value is -0.960. The van der Waals surface area contributed by atoms with Crippen molar-refractivity contribution in [1.29, 1.82) is 0 Å². The van der Waals surface area contributed by atoms with Crippen LogP contribution in [0.15, 0.2) is 16.7 Å². The quantitative estimate of drug-likeness (QED) is 0.807. The van der Waals surface area contributed by atoms with Crippen molar-refractivity contribution in [3.63, 3.8) is 0 Å². The van der Waals surface area contributed by atoms with Gasteiger partial charge in [0, 0.05) is 11.9 Å². The van der Waals surface area contributed by atoms with Crippen molar-refractivity contribution in [1.82, 2.24) is 5.32 Å². The highest BCUT2D eigenvalue weighted by Crippen LogP contribution is 2.09. The summed E-state index contributed by atoms with van der Waals surface area (Å²) in [5.41, 5.74) is 0.557. The minimum absolute atomic E-state index is 0.0604. The number of nitrogens with one attached hydrogen (secondary N) is 1. The Morgan fingerprint density at radius 1 is 1.60 bits per heavy atom. The molecule has 1 N–H and O–H groups in total. The third-order valence-corrected chi connectivity index (χ3v) is 2.94. The van der Waals surface area contributed by atoms with E-state index in [2.05, 4.69) is 5.32 Å². The lowest BCUT2D eigenvalue weighted by molar-refractivity contribution is 0.0930. The maximum absolute atomic E-state index is 11.7. The fraction of sp³-hybridized carbons (Fsp3) is 0.545. The number of alkyl halides is 1. The van der Waals surface area contributed by atoms with Crippen molar-refractivity contribution >= 4 is 17.5 Å². The van der Waals surface area contributed by atoms with E-state index in [0.29, 0.717) is 11.4 Å². The van der Waals surface area contributed by atoms with Crippen molar-refractivity contribution in [2.45, 2.75) is 26.8 Å². The molecule has 0 aliphatic rings. The summed E-state index contributed by atoms with van der Waals surface area (Å²) in [6.07, 6.45) is 1.46. The van der Waals surface area contributed by atoms with Crippen LogP contribution in [0.4, 0.5) is 0 Å². The Kier molecular flexibility index (Phi) is 4.21. The Morgan fingerprint density at radius 3 is 2.73 bits per heavy atom. The molecule has 0 bridgehead atoms. The molecule has 84 valence electrons. The normalized spacial score (nSPS) is 14.7. The molecule has 2 atom stereocenters. The second-order valence-electron chi connectivity index (χ2n) is 3.84. The largest absolute Gasteiger partial charge is 0.469 e. The van der Waals surface area contributed by atoms with E-state index in [1.807, 2.05) is 20.8 Å². The number of hydrogen-bond acceptors (Lipinski definition) is 2. The first kappa shape index (κ1) is 12.1. The molecule has 3 nitrogen and oxygen atoms in total. The SMILES string of the molecule is Cc1cc(C(=O)NC(C)C(C)CCl)co1. The van der Waals surface area contributed by atoms with E-state index >= 15 is 0 Å². The molecule has 1 rings (SSSR count). The first-order valence-corrected chi connectivity index (χ1v) is 5.50. The van der Waals surface area contributed by atoms with E-state index in [9.17, 15) is 4.79 Å². The highest BCUT2D eigenvalue weighted by Gasteiger charge is 2.15. The molecule has 1 aromatic heterocycles. The number of aryl methyl sites for hydroxylation is 1. The van der Waals surface area contributed by atoms with Gasteiger partial charge in [-0.2, -0.15) is 0 Å². The average Bonchev–Trinajstić information content (AvgIpc) is 2.63. The number of amides is 1. The van der Waals surface area contributed by atoms with Gasteiger partial charge in [0.25, 0.3) is 5.91 Å².